The third kappa shape index (κ3) is 5.62. The van der Waals surface area contributed by atoms with E-state index in [1.807, 2.05) is 0 Å². The molecule has 0 fully saturated rings. The molecule has 6 nitrogen and oxygen atoms in total. The summed E-state index contributed by atoms with van der Waals surface area (Å²) in [6.07, 6.45) is 0.166. The molecule has 0 saturated carbocycles. The predicted octanol–water partition coefficient (Wildman–Crippen LogP) is 1.29. The van der Waals surface area contributed by atoms with E-state index in [2.05, 4.69) is 5.32 Å². The first kappa shape index (κ1) is 16.5. The first-order valence-corrected chi connectivity index (χ1v) is 7.90. The maximum atomic E-state index is 13.6. The molecule has 0 spiro atoms. The molecule has 0 radical (unpaired) electrons. The minimum Gasteiger partial charge on any atom is -0.488 e. The van der Waals surface area contributed by atoms with Crippen molar-refractivity contribution in [1.29, 1.82) is 0 Å². The number of nitrogens with one attached hydrogen (secondary N) is 1. The number of rotatable bonds is 7. The Kier molecular flexibility index (Phi) is 5.58. The molecule has 0 aromatic heterocycles. The molecule has 0 amide bonds. The van der Waals surface area contributed by atoms with E-state index in [-0.39, 0.29) is 23.3 Å². The lowest BCUT2D eigenvalue weighted by molar-refractivity contribution is 0.231. The number of benzene rings is 1. The van der Waals surface area contributed by atoms with Gasteiger partial charge in [-0.25, -0.2) is 17.9 Å². The average Bonchev–Trinajstić information content (AvgIpc) is 2.28. The van der Waals surface area contributed by atoms with Gasteiger partial charge >= 0.3 is 0 Å². The van der Waals surface area contributed by atoms with Gasteiger partial charge in [-0.3, -0.25) is 0 Å². The molecule has 0 atom stereocenters. The molecule has 1 rings (SSSR count). The number of hydrogen-bond donors (Lipinski definition) is 3. The number of halogens is 1. The van der Waals surface area contributed by atoms with Crippen LogP contribution in [0, 0.1) is 5.82 Å². The molecule has 0 aliphatic heterocycles. The van der Waals surface area contributed by atoms with Crippen molar-refractivity contribution in [3.05, 3.63) is 17.9 Å². The van der Waals surface area contributed by atoms with Gasteiger partial charge < -0.3 is 15.8 Å². The fourth-order valence-corrected chi connectivity index (χ4v) is 2.11. The zero-order valence-electron chi connectivity index (χ0n) is 11.5. The van der Waals surface area contributed by atoms with Crippen LogP contribution in [0.3, 0.4) is 0 Å². The quantitative estimate of drug-likeness (QED) is 0.519. The molecule has 1 aromatic rings. The third-order valence-corrected chi connectivity index (χ3v) is 3.25. The SMILES string of the molecule is CC(C)Oc1cc(NCCCS(N)(=O)=O)c(N)cc1F. The lowest BCUT2D eigenvalue weighted by Crippen LogP contribution is -2.19. The Hall–Kier alpha value is -1.54. The van der Waals surface area contributed by atoms with Crippen LogP contribution in [-0.4, -0.2) is 26.8 Å². The number of sulfonamides is 1. The average molecular weight is 305 g/mol. The van der Waals surface area contributed by atoms with Gasteiger partial charge in [-0.1, -0.05) is 0 Å². The van der Waals surface area contributed by atoms with Gasteiger partial charge in [0.2, 0.25) is 10.0 Å². The smallest absolute Gasteiger partial charge is 0.209 e. The van der Waals surface area contributed by atoms with Crippen molar-refractivity contribution in [2.24, 2.45) is 5.14 Å². The van der Waals surface area contributed by atoms with Gasteiger partial charge in [0.1, 0.15) is 0 Å². The van der Waals surface area contributed by atoms with Crippen LogP contribution in [0.25, 0.3) is 0 Å². The van der Waals surface area contributed by atoms with E-state index in [0.29, 0.717) is 18.7 Å². The van der Waals surface area contributed by atoms with Crippen molar-refractivity contribution < 1.29 is 17.5 Å². The van der Waals surface area contributed by atoms with Crippen molar-refractivity contribution in [3.8, 4) is 5.75 Å². The van der Waals surface area contributed by atoms with E-state index < -0.39 is 15.8 Å². The number of anilines is 2. The minimum absolute atomic E-state index is 0.100. The van der Waals surface area contributed by atoms with Crippen molar-refractivity contribution >= 4 is 21.4 Å². The summed E-state index contributed by atoms with van der Waals surface area (Å²) in [5.74, 6) is -0.564. The molecule has 8 heteroatoms. The van der Waals surface area contributed by atoms with E-state index >= 15 is 0 Å². The highest BCUT2D eigenvalue weighted by atomic mass is 32.2. The van der Waals surface area contributed by atoms with Crippen LogP contribution in [0.2, 0.25) is 0 Å². The Bertz CT molecular complexity index is 561. The normalized spacial score (nSPS) is 11.7. The van der Waals surface area contributed by atoms with Gasteiger partial charge in [-0.15, -0.1) is 0 Å². The Morgan fingerprint density at radius 1 is 1.40 bits per heavy atom. The highest BCUT2D eigenvalue weighted by molar-refractivity contribution is 7.89. The summed E-state index contributed by atoms with van der Waals surface area (Å²) >= 11 is 0. The summed E-state index contributed by atoms with van der Waals surface area (Å²) in [7, 11) is -3.48. The molecule has 0 aliphatic rings. The van der Waals surface area contributed by atoms with Crippen LogP contribution in [0.5, 0.6) is 5.75 Å². The van der Waals surface area contributed by atoms with Crippen molar-refractivity contribution in [2.45, 2.75) is 26.4 Å². The second-order valence-corrected chi connectivity index (χ2v) is 6.42. The Morgan fingerprint density at radius 3 is 2.60 bits per heavy atom. The predicted molar refractivity (Wildman–Crippen MR) is 77.7 cm³/mol. The first-order chi connectivity index (χ1) is 9.19. The third-order valence-electron chi connectivity index (χ3n) is 2.39. The molecule has 0 heterocycles. The van der Waals surface area contributed by atoms with Crippen molar-refractivity contribution in [1.82, 2.24) is 0 Å². The second kappa shape index (κ2) is 6.76. The highest BCUT2D eigenvalue weighted by Crippen LogP contribution is 2.28. The van der Waals surface area contributed by atoms with E-state index in [4.69, 9.17) is 15.6 Å². The number of nitrogen functional groups attached to an aromatic ring is 1. The summed E-state index contributed by atoms with van der Waals surface area (Å²) < 4.78 is 40.5. The van der Waals surface area contributed by atoms with Crippen molar-refractivity contribution in [2.75, 3.05) is 23.3 Å². The van der Waals surface area contributed by atoms with E-state index in [9.17, 15) is 12.8 Å². The van der Waals surface area contributed by atoms with Crippen LogP contribution < -0.4 is 20.9 Å². The largest absolute Gasteiger partial charge is 0.488 e. The van der Waals surface area contributed by atoms with Crippen molar-refractivity contribution in [3.63, 3.8) is 0 Å². The monoisotopic (exact) mass is 305 g/mol. The summed E-state index contributed by atoms with van der Waals surface area (Å²) in [6, 6.07) is 2.63. The van der Waals surface area contributed by atoms with Gasteiger partial charge in [0, 0.05) is 18.7 Å². The maximum absolute atomic E-state index is 13.6. The Balaban J connectivity index is 2.69. The second-order valence-electron chi connectivity index (χ2n) is 4.68. The molecule has 0 unspecified atom stereocenters. The van der Waals surface area contributed by atoms with Gasteiger partial charge in [0.15, 0.2) is 11.6 Å². The number of nitrogens with two attached hydrogens (primary N) is 2. The van der Waals surface area contributed by atoms with Gasteiger partial charge in [0.25, 0.3) is 0 Å². The lowest BCUT2D eigenvalue weighted by atomic mass is 10.2. The van der Waals surface area contributed by atoms with Crippen LogP contribution in [0.4, 0.5) is 15.8 Å². The molecule has 5 N–H and O–H groups in total. The zero-order chi connectivity index (χ0) is 15.3. The zero-order valence-corrected chi connectivity index (χ0v) is 12.3. The standard InChI is InChI=1S/C12H20FN3O3S/c1-8(2)19-12-7-11(10(14)6-9(12)13)16-4-3-5-20(15,17)18/h6-8,16H,3-5,14H2,1-2H3,(H2,15,17,18). The van der Waals surface area contributed by atoms with E-state index in [0.717, 1.165) is 0 Å². The van der Waals surface area contributed by atoms with Gasteiger partial charge in [-0.05, 0) is 20.3 Å². The topological polar surface area (TPSA) is 107 Å². The summed E-state index contributed by atoms with van der Waals surface area (Å²) in [6.45, 7) is 3.93. The van der Waals surface area contributed by atoms with Crippen LogP contribution in [-0.2, 0) is 10.0 Å². The molecule has 0 aliphatic carbocycles. The first-order valence-electron chi connectivity index (χ1n) is 6.19. The summed E-state index contributed by atoms with van der Waals surface area (Å²) in [5.41, 5.74) is 6.42. The minimum atomic E-state index is -3.48. The van der Waals surface area contributed by atoms with Crippen LogP contribution in [0.1, 0.15) is 20.3 Å². The Labute approximate surface area is 118 Å². The molecule has 1 aromatic carbocycles. The number of hydrogen-bond acceptors (Lipinski definition) is 5. The van der Waals surface area contributed by atoms with Gasteiger partial charge in [-0.2, -0.15) is 0 Å². The van der Waals surface area contributed by atoms with E-state index in [1.54, 1.807) is 13.8 Å². The maximum Gasteiger partial charge on any atom is 0.209 e. The van der Waals surface area contributed by atoms with Crippen LogP contribution in [0.15, 0.2) is 12.1 Å². The summed E-state index contributed by atoms with van der Waals surface area (Å²) in [5, 5.41) is 7.83. The molecule has 114 valence electrons. The van der Waals surface area contributed by atoms with E-state index in [1.165, 1.54) is 12.1 Å². The molecular weight excluding hydrogens is 285 g/mol. The lowest BCUT2D eigenvalue weighted by Gasteiger charge is -2.15. The number of ether oxygens (including phenoxy) is 1. The molecule has 0 bridgehead atoms. The highest BCUT2D eigenvalue weighted by Gasteiger charge is 2.10. The Morgan fingerprint density at radius 2 is 2.05 bits per heavy atom. The fraction of sp³-hybridized carbons (Fsp3) is 0.500. The molecule has 20 heavy (non-hydrogen) atoms. The molecule has 0 saturated heterocycles. The fourth-order valence-electron chi connectivity index (χ4n) is 1.56. The van der Waals surface area contributed by atoms with Gasteiger partial charge in [0.05, 0.1) is 23.2 Å². The molecular formula is C12H20FN3O3S. The summed E-state index contributed by atoms with van der Waals surface area (Å²) in [4.78, 5) is 0. The number of primary sulfonamides is 1. The van der Waals surface area contributed by atoms with Crippen LogP contribution >= 0.6 is 0 Å².